The van der Waals surface area contributed by atoms with Gasteiger partial charge in [0.1, 0.15) is 5.75 Å². The molecule has 0 spiro atoms. The van der Waals surface area contributed by atoms with E-state index in [0.29, 0.717) is 16.5 Å². The number of ether oxygens (including phenoxy) is 1. The minimum Gasteiger partial charge on any atom is -0.421 e. The maximum Gasteiger partial charge on any atom is 0.364 e. The van der Waals surface area contributed by atoms with Crippen LogP contribution < -0.4 is 10.3 Å². The molecule has 0 aliphatic rings. The molecule has 0 saturated carbocycles. The number of nitrogens with zero attached hydrogens (tertiary/aromatic N) is 2. The van der Waals surface area contributed by atoms with Crippen molar-refractivity contribution in [1.29, 1.82) is 0 Å². The number of aryl methyl sites for hydroxylation is 3. The van der Waals surface area contributed by atoms with Crippen LogP contribution in [0.1, 0.15) is 27.2 Å². The van der Waals surface area contributed by atoms with Crippen molar-refractivity contribution in [3.63, 3.8) is 0 Å². The molecule has 0 saturated heterocycles. The smallest absolute Gasteiger partial charge is 0.364 e. The summed E-state index contributed by atoms with van der Waals surface area (Å²) in [5.41, 5.74) is 2.72. The Morgan fingerprint density at radius 3 is 2.33 bits per heavy atom. The van der Waals surface area contributed by atoms with E-state index in [4.69, 9.17) is 4.74 Å². The van der Waals surface area contributed by atoms with Gasteiger partial charge in [0, 0.05) is 12.4 Å². The van der Waals surface area contributed by atoms with Crippen LogP contribution in [-0.2, 0) is 7.05 Å². The van der Waals surface area contributed by atoms with Gasteiger partial charge in [-0.15, -0.1) is 0 Å². The summed E-state index contributed by atoms with van der Waals surface area (Å²) in [5.74, 6) is -0.0293. The Kier molecular flexibility index (Phi) is 3.93. The quantitative estimate of drug-likeness (QED) is 0.537. The van der Waals surface area contributed by atoms with Crippen LogP contribution in [0.2, 0.25) is 0 Å². The van der Waals surface area contributed by atoms with E-state index >= 15 is 0 Å². The fraction of sp³-hybridized carbons (Fsp3) is 0.211. The van der Waals surface area contributed by atoms with E-state index in [1.165, 1.54) is 7.05 Å². The van der Waals surface area contributed by atoms with E-state index in [1.807, 2.05) is 32.9 Å². The van der Waals surface area contributed by atoms with Crippen LogP contribution in [0.3, 0.4) is 0 Å². The summed E-state index contributed by atoms with van der Waals surface area (Å²) in [7, 11) is 1.52. The molecule has 0 fully saturated rings. The predicted octanol–water partition coefficient (Wildman–Crippen LogP) is 3.08. The average Bonchev–Trinajstić information content (AvgIpc) is 2.58. The zero-order valence-electron chi connectivity index (χ0n) is 14.1. The molecule has 1 heterocycles. The van der Waals surface area contributed by atoms with E-state index in [0.717, 1.165) is 21.4 Å². The third-order valence-corrected chi connectivity index (χ3v) is 4.22. The van der Waals surface area contributed by atoms with E-state index < -0.39 is 5.97 Å². The van der Waals surface area contributed by atoms with Crippen molar-refractivity contribution in [2.45, 2.75) is 20.8 Å². The highest BCUT2D eigenvalue weighted by Gasteiger charge is 2.19. The lowest BCUT2D eigenvalue weighted by Gasteiger charge is -2.13. The van der Waals surface area contributed by atoms with Crippen LogP contribution in [0.15, 0.2) is 41.2 Å². The number of rotatable bonds is 2. The number of hydrogen-bond donors (Lipinski definition) is 0. The molecule has 0 aliphatic heterocycles. The lowest BCUT2D eigenvalue weighted by atomic mass is 10.1. The van der Waals surface area contributed by atoms with Gasteiger partial charge in [0.2, 0.25) is 0 Å². The van der Waals surface area contributed by atoms with Crippen LogP contribution in [0.4, 0.5) is 0 Å². The lowest BCUT2D eigenvalue weighted by Crippen LogP contribution is -2.24. The molecule has 5 nitrogen and oxygen atoms in total. The number of carbonyl (C=O) groups is 1. The zero-order valence-corrected chi connectivity index (χ0v) is 14.1. The maximum absolute atomic E-state index is 12.7. The van der Waals surface area contributed by atoms with E-state index in [1.54, 1.807) is 24.3 Å². The molecule has 0 unspecified atom stereocenters. The summed E-state index contributed by atoms with van der Waals surface area (Å²) >= 11 is 0. The van der Waals surface area contributed by atoms with Gasteiger partial charge in [0.15, 0.2) is 5.69 Å². The van der Waals surface area contributed by atoms with Crippen molar-refractivity contribution in [2.75, 3.05) is 0 Å². The van der Waals surface area contributed by atoms with E-state index in [-0.39, 0.29) is 11.3 Å². The molecule has 0 radical (unpaired) electrons. The third kappa shape index (κ3) is 2.58. The minimum absolute atomic E-state index is 0.132. The highest BCUT2D eigenvalue weighted by atomic mass is 16.5. The third-order valence-electron chi connectivity index (χ3n) is 4.22. The number of carbonyl (C=O) groups excluding carboxylic acids is 1. The molecule has 0 aliphatic carbocycles. The number of esters is 1. The van der Waals surface area contributed by atoms with Crippen molar-refractivity contribution >= 4 is 16.7 Å². The summed E-state index contributed by atoms with van der Waals surface area (Å²) in [4.78, 5) is 24.9. The molecule has 2 aromatic carbocycles. The second-order valence-electron chi connectivity index (χ2n) is 5.87. The van der Waals surface area contributed by atoms with Gasteiger partial charge in [-0.25, -0.2) is 9.48 Å². The second kappa shape index (κ2) is 5.92. The lowest BCUT2D eigenvalue weighted by molar-refractivity contribution is 0.0726. The highest BCUT2D eigenvalue weighted by Crippen LogP contribution is 2.27. The van der Waals surface area contributed by atoms with Crippen molar-refractivity contribution in [3.8, 4) is 5.75 Å². The second-order valence-corrected chi connectivity index (χ2v) is 5.87. The van der Waals surface area contributed by atoms with Gasteiger partial charge in [0.25, 0.3) is 5.56 Å². The zero-order chi connectivity index (χ0) is 17.4. The highest BCUT2D eigenvalue weighted by molar-refractivity contribution is 6.03. The van der Waals surface area contributed by atoms with Crippen LogP contribution >= 0.6 is 0 Å². The Bertz CT molecular complexity index is 1020. The summed E-state index contributed by atoms with van der Waals surface area (Å²) < 4.78 is 6.79. The first-order valence-electron chi connectivity index (χ1n) is 7.65. The molecular formula is C19H18N2O3. The summed E-state index contributed by atoms with van der Waals surface area (Å²) in [5, 5.41) is 5.05. The molecule has 1 aromatic heterocycles. The van der Waals surface area contributed by atoms with Crippen LogP contribution in [0, 0.1) is 20.8 Å². The van der Waals surface area contributed by atoms with Gasteiger partial charge in [-0.3, -0.25) is 4.79 Å². The number of fused-ring (bicyclic) bond motifs is 1. The van der Waals surface area contributed by atoms with E-state index in [2.05, 4.69) is 5.10 Å². The molecule has 24 heavy (non-hydrogen) atoms. The maximum atomic E-state index is 12.7. The molecular weight excluding hydrogens is 304 g/mol. The number of aromatic nitrogens is 2. The standard InChI is InChI=1S/C19H18N2O3/c1-11-9-10-12(2)17(13(11)3)24-19(23)16-14-7-5-6-8-15(14)18(22)21(4)20-16/h5-10H,1-4H3. The van der Waals surface area contributed by atoms with E-state index in [9.17, 15) is 9.59 Å². The van der Waals surface area contributed by atoms with Gasteiger partial charge in [-0.2, -0.15) is 5.10 Å². The fourth-order valence-electron chi connectivity index (χ4n) is 2.67. The first-order valence-corrected chi connectivity index (χ1v) is 7.65. The normalized spacial score (nSPS) is 10.8. The monoisotopic (exact) mass is 322 g/mol. The average molecular weight is 322 g/mol. The van der Waals surface area contributed by atoms with Gasteiger partial charge in [-0.05, 0) is 43.5 Å². The Morgan fingerprint density at radius 1 is 1.00 bits per heavy atom. The first kappa shape index (κ1) is 15.9. The Labute approximate surface area is 139 Å². The molecule has 0 atom stereocenters. The molecule has 0 amide bonds. The van der Waals surface area contributed by atoms with Crippen LogP contribution in [-0.4, -0.2) is 15.7 Å². The van der Waals surface area contributed by atoms with Crippen LogP contribution in [0.5, 0.6) is 5.75 Å². The molecule has 5 heteroatoms. The molecule has 0 bridgehead atoms. The summed E-state index contributed by atoms with van der Waals surface area (Å²) in [6, 6.07) is 10.8. The minimum atomic E-state index is -0.571. The van der Waals surface area contributed by atoms with Crippen molar-refractivity contribution in [3.05, 3.63) is 69.1 Å². The first-order chi connectivity index (χ1) is 11.4. The topological polar surface area (TPSA) is 61.2 Å². The van der Waals surface area contributed by atoms with Crippen molar-refractivity contribution in [2.24, 2.45) is 7.05 Å². The summed E-state index contributed by atoms with van der Waals surface area (Å²) in [6.45, 7) is 5.77. The molecule has 3 aromatic rings. The molecule has 0 N–H and O–H groups in total. The van der Waals surface area contributed by atoms with Gasteiger partial charge in [0.05, 0.1) is 5.39 Å². The van der Waals surface area contributed by atoms with Gasteiger partial charge >= 0.3 is 5.97 Å². The van der Waals surface area contributed by atoms with Crippen molar-refractivity contribution in [1.82, 2.24) is 9.78 Å². The Balaban J connectivity index is 2.13. The van der Waals surface area contributed by atoms with Gasteiger partial charge < -0.3 is 4.74 Å². The largest absolute Gasteiger partial charge is 0.421 e. The number of hydrogen-bond acceptors (Lipinski definition) is 4. The molecule has 3 rings (SSSR count). The van der Waals surface area contributed by atoms with Crippen molar-refractivity contribution < 1.29 is 9.53 Å². The van der Waals surface area contributed by atoms with Gasteiger partial charge in [-0.1, -0.05) is 30.3 Å². The molecule has 122 valence electrons. The Morgan fingerprint density at radius 2 is 1.62 bits per heavy atom. The van der Waals surface area contributed by atoms with Crippen LogP contribution in [0.25, 0.3) is 10.8 Å². The number of benzene rings is 2. The SMILES string of the molecule is Cc1ccc(C)c(OC(=O)c2nn(C)c(=O)c3ccccc23)c1C. The Hall–Kier alpha value is -2.95. The predicted molar refractivity (Wildman–Crippen MR) is 92.6 cm³/mol. The fourth-order valence-corrected chi connectivity index (χ4v) is 2.67. The summed E-state index contributed by atoms with van der Waals surface area (Å²) in [6.07, 6.45) is 0.